The highest BCUT2D eigenvalue weighted by Gasteiger charge is 2.39. The average molecular weight is 235 g/mol. The van der Waals surface area contributed by atoms with Gasteiger partial charge in [0, 0.05) is 0 Å². The lowest BCUT2D eigenvalue weighted by molar-refractivity contribution is 0.0896. The Morgan fingerprint density at radius 1 is 1.24 bits per heavy atom. The monoisotopic (exact) mass is 235 g/mol. The van der Waals surface area contributed by atoms with Crippen LogP contribution < -0.4 is 10.6 Å². The number of anilines is 1. The van der Waals surface area contributed by atoms with Crippen molar-refractivity contribution < 1.29 is 4.74 Å². The van der Waals surface area contributed by atoms with Crippen molar-refractivity contribution in [3.05, 3.63) is 11.6 Å². The molecule has 3 rings (SSSR count). The van der Waals surface area contributed by atoms with Gasteiger partial charge in [-0.15, -0.1) is 0 Å². The molecule has 0 amide bonds. The Hall–Kier alpha value is -1.27. The molecule has 2 N–H and O–H groups in total. The van der Waals surface area contributed by atoms with Crippen molar-refractivity contribution in [2.75, 3.05) is 18.1 Å². The number of hydrogen-bond donors (Lipinski definition) is 1. The van der Waals surface area contributed by atoms with Gasteiger partial charge in [0.25, 0.3) is 0 Å². The van der Waals surface area contributed by atoms with Crippen LogP contribution in [0.15, 0.2) is 0 Å². The molecule has 17 heavy (non-hydrogen) atoms. The van der Waals surface area contributed by atoms with E-state index in [2.05, 4.69) is 19.9 Å². The summed E-state index contributed by atoms with van der Waals surface area (Å²) in [5.74, 6) is 2.17. The predicted octanol–water partition coefficient (Wildman–Crippen LogP) is 0.00632. The maximum absolute atomic E-state index is 5.61. The van der Waals surface area contributed by atoms with Gasteiger partial charge >= 0.3 is 0 Å². The molecule has 2 fully saturated rings. The molecule has 92 valence electrons. The molecule has 2 aliphatic heterocycles. The minimum atomic E-state index is 0.357. The van der Waals surface area contributed by atoms with E-state index in [4.69, 9.17) is 10.5 Å². The molecule has 6 heteroatoms. The van der Waals surface area contributed by atoms with Crippen molar-refractivity contribution >= 4 is 5.95 Å². The summed E-state index contributed by atoms with van der Waals surface area (Å²) in [7, 11) is 0. The van der Waals surface area contributed by atoms with Crippen molar-refractivity contribution in [3.63, 3.8) is 0 Å². The summed E-state index contributed by atoms with van der Waals surface area (Å²) in [6, 6.07) is 0.836. The van der Waals surface area contributed by atoms with Crippen LogP contribution in [0.1, 0.15) is 24.5 Å². The summed E-state index contributed by atoms with van der Waals surface area (Å²) >= 11 is 0. The third kappa shape index (κ3) is 1.87. The fourth-order valence-electron chi connectivity index (χ4n) is 2.68. The molecule has 2 aliphatic rings. The number of nitrogens with two attached hydrogens (primary N) is 1. The predicted molar refractivity (Wildman–Crippen MR) is 62.6 cm³/mol. The number of hydrogen-bond acceptors (Lipinski definition) is 6. The second kappa shape index (κ2) is 4.19. The van der Waals surface area contributed by atoms with Crippen molar-refractivity contribution in [3.8, 4) is 0 Å². The number of morpholine rings is 1. The summed E-state index contributed by atoms with van der Waals surface area (Å²) in [5, 5.41) is 0. The SMILES string of the molecule is Cc1nc(CN)nc(N2C3CCC2COC3)n1. The smallest absolute Gasteiger partial charge is 0.229 e. The molecule has 2 bridgehead atoms. The Labute approximate surface area is 100 Å². The topological polar surface area (TPSA) is 77.2 Å². The minimum absolute atomic E-state index is 0.357. The lowest BCUT2D eigenvalue weighted by atomic mass is 10.2. The third-order valence-electron chi connectivity index (χ3n) is 3.44. The highest BCUT2D eigenvalue weighted by molar-refractivity contribution is 5.37. The van der Waals surface area contributed by atoms with Gasteiger partial charge in [-0.25, -0.2) is 4.98 Å². The first-order chi connectivity index (χ1) is 8.28. The van der Waals surface area contributed by atoms with Crippen LogP contribution in [0, 0.1) is 6.92 Å². The molecule has 3 heterocycles. The van der Waals surface area contributed by atoms with Crippen LogP contribution in [0.3, 0.4) is 0 Å². The zero-order valence-electron chi connectivity index (χ0n) is 9.96. The zero-order valence-corrected chi connectivity index (χ0v) is 9.96. The Morgan fingerprint density at radius 3 is 2.59 bits per heavy atom. The van der Waals surface area contributed by atoms with Crippen LogP contribution in [-0.4, -0.2) is 40.2 Å². The molecule has 2 atom stereocenters. The van der Waals surface area contributed by atoms with Crippen LogP contribution >= 0.6 is 0 Å². The van der Waals surface area contributed by atoms with Crippen molar-refractivity contribution in [2.45, 2.75) is 38.4 Å². The van der Waals surface area contributed by atoms with Crippen molar-refractivity contribution in [1.29, 1.82) is 0 Å². The van der Waals surface area contributed by atoms with Gasteiger partial charge in [-0.05, 0) is 19.8 Å². The van der Waals surface area contributed by atoms with E-state index < -0.39 is 0 Å². The van der Waals surface area contributed by atoms with Crippen LogP contribution in [-0.2, 0) is 11.3 Å². The van der Waals surface area contributed by atoms with E-state index in [-0.39, 0.29) is 0 Å². The summed E-state index contributed by atoms with van der Waals surface area (Å²) in [6.07, 6.45) is 2.32. The highest BCUT2D eigenvalue weighted by Crippen LogP contribution is 2.31. The van der Waals surface area contributed by atoms with Gasteiger partial charge in [-0.1, -0.05) is 0 Å². The second-order valence-corrected chi connectivity index (χ2v) is 4.63. The van der Waals surface area contributed by atoms with Gasteiger partial charge in [-0.2, -0.15) is 9.97 Å². The van der Waals surface area contributed by atoms with E-state index in [1.54, 1.807) is 0 Å². The maximum atomic E-state index is 5.61. The Morgan fingerprint density at radius 2 is 1.94 bits per heavy atom. The van der Waals surface area contributed by atoms with Crippen LogP contribution in [0.5, 0.6) is 0 Å². The zero-order chi connectivity index (χ0) is 11.8. The summed E-state index contributed by atoms with van der Waals surface area (Å²) in [5.41, 5.74) is 5.61. The van der Waals surface area contributed by atoms with Gasteiger partial charge < -0.3 is 15.4 Å². The van der Waals surface area contributed by atoms with E-state index in [1.807, 2.05) is 6.92 Å². The molecule has 0 radical (unpaired) electrons. The van der Waals surface area contributed by atoms with E-state index in [0.717, 1.165) is 37.8 Å². The second-order valence-electron chi connectivity index (χ2n) is 4.63. The standard InChI is InChI=1S/C11H17N5O/c1-7-13-10(4-12)15-11(14-7)16-8-2-3-9(16)6-17-5-8/h8-9H,2-6,12H2,1H3. The third-order valence-corrected chi connectivity index (χ3v) is 3.44. The molecular formula is C11H17N5O. The number of rotatable bonds is 2. The molecule has 2 unspecified atom stereocenters. The summed E-state index contributed by atoms with van der Waals surface area (Å²) in [6.45, 7) is 3.79. The number of fused-ring (bicyclic) bond motifs is 2. The molecule has 0 spiro atoms. The van der Waals surface area contributed by atoms with Gasteiger partial charge in [0.1, 0.15) is 11.6 Å². The fraction of sp³-hybridized carbons (Fsp3) is 0.727. The first-order valence-corrected chi connectivity index (χ1v) is 6.05. The van der Waals surface area contributed by atoms with Gasteiger partial charge in [0.05, 0.1) is 31.8 Å². The average Bonchev–Trinajstić information content (AvgIpc) is 2.58. The number of aromatic nitrogens is 3. The normalized spacial score (nSPS) is 27.5. The molecule has 6 nitrogen and oxygen atoms in total. The molecule has 0 aliphatic carbocycles. The molecule has 1 aromatic rings. The van der Waals surface area contributed by atoms with E-state index in [9.17, 15) is 0 Å². The van der Waals surface area contributed by atoms with E-state index in [1.165, 1.54) is 0 Å². The molecule has 0 saturated carbocycles. The largest absolute Gasteiger partial charge is 0.377 e. The molecule has 1 aromatic heterocycles. The summed E-state index contributed by atoms with van der Waals surface area (Å²) in [4.78, 5) is 15.4. The van der Waals surface area contributed by atoms with Gasteiger partial charge in [0.15, 0.2) is 0 Å². The molecule has 2 saturated heterocycles. The maximum Gasteiger partial charge on any atom is 0.229 e. The Balaban J connectivity index is 1.95. The van der Waals surface area contributed by atoms with Crippen LogP contribution in [0.4, 0.5) is 5.95 Å². The van der Waals surface area contributed by atoms with Crippen LogP contribution in [0.2, 0.25) is 0 Å². The van der Waals surface area contributed by atoms with Crippen molar-refractivity contribution in [1.82, 2.24) is 15.0 Å². The first-order valence-electron chi connectivity index (χ1n) is 6.05. The van der Waals surface area contributed by atoms with Crippen LogP contribution in [0.25, 0.3) is 0 Å². The highest BCUT2D eigenvalue weighted by atomic mass is 16.5. The summed E-state index contributed by atoms with van der Waals surface area (Å²) < 4.78 is 5.56. The van der Waals surface area contributed by atoms with Gasteiger partial charge in [-0.3, -0.25) is 0 Å². The van der Waals surface area contributed by atoms with Gasteiger partial charge in [0.2, 0.25) is 5.95 Å². The number of nitrogens with zero attached hydrogens (tertiary/aromatic N) is 4. The quantitative estimate of drug-likeness (QED) is 0.778. The molecular weight excluding hydrogens is 218 g/mol. The number of ether oxygens (including phenoxy) is 1. The van der Waals surface area contributed by atoms with E-state index in [0.29, 0.717) is 24.5 Å². The van der Waals surface area contributed by atoms with E-state index >= 15 is 0 Å². The van der Waals surface area contributed by atoms with Crippen molar-refractivity contribution in [2.24, 2.45) is 5.73 Å². The Kier molecular flexibility index (Phi) is 2.68. The lowest BCUT2D eigenvalue weighted by Crippen LogP contribution is -2.47. The first kappa shape index (κ1) is 10.9. The number of aryl methyl sites for hydroxylation is 1. The Bertz CT molecular complexity index is 408. The fourth-order valence-corrected chi connectivity index (χ4v) is 2.68. The minimum Gasteiger partial charge on any atom is -0.377 e. The molecule has 0 aromatic carbocycles. The lowest BCUT2D eigenvalue weighted by Gasteiger charge is -2.34.